The van der Waals surface area contributed by atoms with E-state index in [4.69, 9.17) is 14.2 Å². The van der Waals surface area contributed by atoms with Crippen LogP contribution in [0.4, 0.5) is 16.2 Å². The molecule has 0 atom stereocenters. The average Bonchev–Trinajstić information content (AvgIpc) is 2.95. The van der Waals surface area contributed by atoms with Crippen LogP contribution in [0.2, 0.25) is 0 Å². The Labute approximate surface area is 230 Å². The smallest absolute Gasteiger partial charge is 0.407 e. The van der Waals surface area contributed by atoms with Gasteiger partial charge in [-0.1, -0.05) is 18.7 Å². The maximum Gasteiger partial charge on any atom is 0.407 e. The van der Waals surface area contributed by atoms with Crippen LogP contribution in [0, 0.1) is 0 Å². The normalized spacial score (nSPS) is 10.7. The fourth-order valence-corrected chi connectivity index (χ4v) is 3.30. The van der Waals surface area contributed by atoms with Crippen molar-refractivity contribution in [2.24, 2.45) is 10.2 Å². The van der Waals surface area contributed by atoms with Gasteiger partial charge >= 0.3 is 12.1 Å². The third kappa shape index (κ3) is 8.42. The van der Waals surface area contributed by atoms with E-state index in [1.165, 1.54) is 20.1 Å². The molecule has 11 heteroatoms. The number of rotatable bonds is 12. The topological polar surface area (TPSA) is 156 Å². The van der Waals surface area contributed by atoms with Gasteiger partial charge in [-0.3, -0.25) is 4.79 Å². The number of phenols is 2. The zero-order valence-corrected chi connectivity index (χ0v) is 22.0. The first kappa shape index (κ1) is 29.4. The lowest BCUT2D eigenvalue weighted by atomic mass is 10.0. The minimum atomic E-state index is -0.629. The molecule has 3 N–H and O–H groups in total. The highest BCUT2D eigenvalue weighted by Gasteiger charge is 2.17. The number of ketones is 1. The van der Waals surface area contributed by atoms with Crippen molar-refractivity contribution >= 4 is 29.2 Å². The molecular formula is C29H29N3O8. The molecule has 11 nitrogen and oxygen atoms in total. The summed E-state index contributed by atoms with van der Waals surface area (Å²) in [5.41, 5.74) is 1.92. The summed E-state index contributed by atoms with van der Waals surface area (Å²) in [6.07, 6.45) is -0.180. The minimum Gasteiger partial charge on any atom is -0.507 e. The van der Waals surface area contributed by atoms with Crippen molar-refractivity contribution in [3.63, 3.8) is 0 Å². The molecule has 0 heterocycles. The maximum atomic E-state index is 12.9. The summed E-state index contributed by atoms with van der Waals surface area (Å²) >= 11 is 0. The molecule has 0 fully saturated rings. The number of alkyl carbamates (subject to hydrolysis) is 1. The Kier molecular flexibility index (Phi) is 10.4. The quantitative estimate of drug-likeness (QED) is 0.0925. The molecule has 0 aliphatic rings. The van der Waals surface area contributed by atoms with Gasteiger partial charge in [0.05, 0.1) is 31.5 Å². The molecule has 0 aliphatic heterocycles. The standard InChI is InChI=1S/C29H29N3O8/c1-18(2)28(36)39-15-13-30-29(37)40-14-12-19-4-8-21(9-5-19)31-32-24-16-23(25(33)17-26(24)34)27(35)20-6-10-22(38-3)11-7-20/h4-11,16-17,33-34H,1,12-15H2,2-3H3,(H,30,37). The van der Waals surface area contributed by atoms with E-state index in [9.17, 15) is 24.6 Å². The van der Waals surface area contributed by atoms with Gasteiger partial charge in [0.2, 0.25) is 0 Å². The van der Waals surface area contributed by atoms with Gasteiger partial charge in [0.1, 0.15) is 29.5 Å². The molecule has 3 aromatic carbocycles. The third-order valence-electron chi connectivity index (χ3n) is 5.48. The molecule has 0 aliphatic carbocycles. The van der Waals surface area contributed by atoms with E-state index in [-0.39, 0.29) is 48.1 Å². The first-order valence-corrected chi connectivity index (χ1v) is 12.2. The van der Waals surface area contributed by atoms with Crippen molar-refractivity contribution in [3.8, 4) is 17.2 Å². The van der Waals surface area contributed by atoms with Gasteiger partial charge in [0, 0.05) is 23.6 Å². The van der Waals surface area contributed by atoms with Crippen LogP contribution in [-0.2, 0) is 20.7 Å². The Bertz CT molecular complexity index is 1400. The van der Waals surface area contributed by atoms with Gasteiger partial charge in [-0.05, 0) is 55.0 Å². The SMILES string of the molecule is C=C(C)C(=O)OCCNC(=O)OCCc1ccc(N=Nc2cc(C(=O)c3ccc(OC)cc3)c(O)cc2O)cc1. The van der Waals surface area contributed by atoms with Gasteiger partial charge in [-0.25, -0.2) is 9.59 Å². The summed E-state index contributed by atoms with van der Waals surface area (Å²) in [5.74, 6) is -1.12. The van der Waals surface area contributed by atoms with Gasteiger partial charge in [0.25, 0.3) is 0 Å². The second-order valence-corrected chi connectivity index (χ2v) is 8.51. The molecule has 208 valence electrons. The summed E-state index contributed by atoms with van der Waals surface area (Å²) in [6, 6.07) is 15.6. The number of esters is 1. The monoisotopic (exact) mass is 547 g/mol. The highest BCUT2D eigenvalue weighted by molar-refractivity contribution is 6.11. The molecule has 0 unspecified atom stereocenters. The molecule has 0 bridgehead atoms. The van der Waals surface area contributed by atoms with Crippen molar-refractivity contribution in [1.29, 1.82) is 0 Å². The van der Waals surface area contributed by atoms with Crippen LogP contribution in [0.5, 0.6) is 17.2 Å². The fraction of sp³-hybridized carbons (Fsp3) is 0.207. The lowest BCUT2D eigenvalue weighted by Crippen LogP contribution is -2.29. The number of ether oxygens (including phenoxy) is 3. The number of azo groups is 1. The fourth-order valence-electron chi connectivity index (χ4n) is 3.30. The molecule has 0 saturated carbocycles. The van der Waals surface area contributed by atoms with E-state index in [1.54, 1.807) is 48.5 Å². The van der Waals surface area contributed by atoms with Crippen molar-refractivity contribution in [2.75, 3.05) is 26.9 Å². The minimum absolute atomic E-state index is 0.00698. The van der Waals surface area contributed by atoms with Crippen LogP contribution in [0.15, 0.2) is 83.0 Å². The Morgan fingerprint density at radius 1 is 0.900 bits per heavy atom. The number of amides is 1. The predicted molar refractivity (Wildman–Crippen MR) is 146 cm³/mol. The summed E-state index contributed by atoms with van der Waals surface area (Å²) in [7, 11) is 1.51. The largest absolute Gasteiger partial charge is 0.507 e. The van der Waals surface area contributed by atoms with Crippen LogP contribution >= 0.6 is 0 Å². The third-order valence-corrected chi connectivity index (χ3v) is 5.48. The molecule has 0 spiro atoms. The van der Waals surface area contributed by atoms with Crippen LogP contribution in [0.3, 0.4) is 0 Å². The lowest BCUT2D eigenvalue weighted by molar-refractivity contribution is -0.138. The number of hydrogen-bond acceptors (Lipinski definition) is 10. The first-order valence-electron chi connectivity index (χ1n) is 12.2. The average molecular weight is 548 g/mol. The van der Waals surface area contributed by atoms with E-state index >= 15 is 0 Å². The zero-order chi connectivity index (χ0) is 29.1. The van der Waals surface area contributed by atoms with E-state index in [0.29, 0.717) is 23.4 Å². The Balaban J connectivity index is 1.53. The van der Waals surface area contributed by atoms with Crippen LogP contribution in [0.1, 0.15) is 28.4 Å². The first-order chi connectivity index (χ1) is 19.2. The van der Waals surface area contributed by atoms with Gasteiger partial charge in [-0.15, -0.1) is 5.11 Å². The van der Waals surface area contributed by atoms with Crippen molar-refractivity contribution < 1.29 is 38.8 Å². The highest BCUT2D eigenvalue weighted by atomic mass is 16.6. The van der Waals surface area contributed by atoms with Gasteiger partial charge in [0.15, 0.2) is 5.78 Å². The number of hydrogen-bond donors (Lipinski definition) is 3. The highest BCUT2D eigenvalue weighted by Crippen LogP contribution is 2.35. The number of carbonyl (C=O) groups is 3. The molecule has 0 aromatic heterocycles. The number of aromatic hydroxyl groups is 2. The summed E-state index contributed by atoms with van der Waals surface area (Å²) in [6.45, 7) is 5.26. The number of carbonyl (C=O) groups excluding carboxylic acids is 3. The van der Waals surface area contributed by atoms with E-state index in [0.717, 1.165) is 11.6 Å². The molecule has 1 amide bonds. The summed E-state index contributed by atoms with van der Waals surface area (Å²) in [4.78, 5) is 35.9. The summed E-state index contributed by atoms with van der Waals surface area (Å²) < 4.78 is 15.1. The molecular weight excluding hydrogens is 518 g/mol. The number of nitrogens with one attached hydrogen (secondary N) is 1. The van der Waals surface area contributed by atoms with Gasteiger partial charge < -0.3 is 29.7 Å². The van der Waals surface area contributed by atoms with Crippen molar-refractivity contribution in [2.45, 2.75) is 13.3 Å². The van der Waals surface area contributed by atoms with E-state index in [2.05, 4.69) is 22.1 Å². The van der Waals surface area contributed by atoms with Crippen molar-refractivity contribution in [1.82, 2.24) is 5.32 Å². The molecule has 40 heavy (non-hydrogen) atoms. The lowest BCUT2D eigenvalue weighted by Gasteiger charge is -2.08. The van der Waals surface area contributed by atoms with Crippen LogP contribution < -0.4 is 10.1 Å². The Hall–Kier alpha value is -5.19. The number of benzene rings is 3. The van der Waals surface area contributed by atoms with Gasteiger partial charge in [-0.2, -0.15) is 5.11 Å². The second-order valence-electron chi connectivity index (χ2n) is 8.51. The maximum absolute atomic E-state index is 12.9. The Morgan fingerprint density at radius 3 is 2.25 bits per heavy atom. The van der Waals surface area contributed by atoms with E-state index < -0.39 is 17.8 Å². The number of phenolic OH excluding ortho intramolecular Hbond substituents is 2. The molecule has 0 saturated heterocycles. The molecule has 3 aromatic rings. The predicted octanol–water partition coefficient (Wildman–Crippen LogP) is 5.14. The van der Waals surface area contributed by atoms with Crippen LogP contribution in [-0.4, -0.2) is 54.9 Å². The van der Waals surface area contributed by atoms with Crippen LogP contribution in [0.25, 0.3) is 0 Å². The van der Waals surface area contributed by atoms with Crippen molar-refractivity contribution in [3.05, 3.63) is 89.5 Å². The molecule has 3 rings (SSSR count). The van der Waals surface area contributed by atoms with E-state index in [1.807, 2.05) is 0 Å². The number of methoxy groups -OCH3 is 1. The summed E-state index contributed by atoms with van der Waals surface area (Å²) in [5, 5.41) is 31.0. The number of nitrogens with zero attached hydrogens (tertiary/aromatic N) is 2. The Morgan fingerprint density at radius 2 is 1.60 bits per heavy atom. The molecule has 0 radical (unpaired) electrons. The zero-order valence-electron chi connectivity index (χ0n) is 22.0. The second kappa shape index (κ2) is 14.1.